The molecule has 1 heterocycles. The molecule has 7 nitrogen and oxygen atoms in total. The quantitative estimate of drug-likeness (QED) is 0.454. The van der Waals surface area contributed by atoms with E-state index in [2.05, 4.69) is 5.32 Å². The molecule has 11 heteroatoms. The molecule has 1 unspecified atom stereocenters. The lowest BCUT2D eigenvalue weighted by atomic mass is 10.0. The van der Waals surface area contributed by atoms with Gasteiger partial charge in [-0.3, -0.25) is 9.46 Å². The molecule has 0 spiro atoms. The van der Waals surface area contributed by atoms with Gasteiger partial charge in [0.25, 0.3) is 0 Å². The fourth-order valence-electron chi connectivity index (χ4n) is 3.73. The summed E-state index contributed by atoms with van der Waals surface area (Å²) in [6, 6.07) is 10.9. The van der Waals surface area contributed by atoms with Crippen LogP contribution >= 0.6 is 7.60 Å². The van der Waals surface area contributed by atoms with Crippen molar-refractivity contribution in [3.63, 3.8) is 0 Å². The van der Waals surface area contributed by atoms with Crippen LogP contribution in [0.2, 0.25) is 0 Å². The van der Waals surface area contributed by atoms with Crippen molar-refractivity contribution < 1.29 is 31.6 Å². The maximum atomic E-state index is 13.9. The van der Waals surface area contributed by atoms with E-state index in [1.165, 1.54) is 19.1 Å². The van der Waals surface area contributed by atoms with Gasteiger partial charge >= 0.3 is 19.8 Å². The number of halogens is 3. The van der Waals surface area contributed by atoms with Gasteiger partial charge in [0.1, 0.15) is 0 Å². The van der Waals surface area contributed by atoms with Crippen LogP contribution in [-0.4, -0.2) is 19.2 Å². The maximum absolute atomic E-state index is 13.9. The minimum Gasteiger partial charge on any atom is -0.326 e. The van der Waals surface area contributed by atoms with Crippen LogP contribution in [0.3, 0.4) is 0 Å². The Hall–Kier alpha value is -3.12. The summed E-state index contributed by atoms with van der Waals surface area (Å²) in [4.78, 5) is 14.2. The van der Waals surface area contributed by atoms with Crippen LogP contribution < -0.4 is 10.2 Å². The number of amides is 2. The summed E-state index contributed by atoms with van der Waals surface area (Å²) in [5, 5.41) is 11.9. The summed E-state index contributed by atoms with van der Waals surface area (Å²) in [6.45, 7) is 4.81. The minimum atomic E-state index is -4.61. The molecule has 2 aromatic carbocycles. The molecule has 0 saturated carbocycles. The van der Waals surface area contributed by atoms with E-state index < -0.39 is 31.4 Å². The van der Waals surface area contributed by atoms with Crippen LogP contribution in [0.1, 0.15) is 43.5 Å². The van der Waals surface area contributed by atoms with Crippen LogP contribution in [0.5, 0.6) is 0 Å². The van der Waals surface area contributed by atoms with Gasteiger partial charge in [-0.25, -0.2) is 4.79 Å². The van der Waals surface area contributed by atoms with Crippen molar-refractivity contribution in [1.29, 1.82) is 5.26 Å². The highest BCUT2D eigenvalue weighted by atomic mass is 31.2. The van der Waals surface area contributed by atoms with E-state index in [-0.39, 0.29) is 29.9 Å². The fourth-order valence-corrected chi connectivity index (χ4v) is 5.79. The summed E-state index contributed by atoms with van der Waals surface area (Å²) in [5.41, 5.74) is 0.0311. The number of anilines is 1. The first kappa shape index (κ1) is 25.5. The highest BCUT2D eigenvalue weighted by Crippen LogP contribution is 2.62. The standard InChI is InChI=1S/C23H23F3N3O4P/c1-4-32-34(31,33-5-2)21-15(3)29(19-8-6-7-18(13-19)23(24,25)26)22(30)28-20(21)17-11-9-16(14-27)10-12-17/h6-13,20H,4-5H2,1-3H3,(H,28,30). The van der Waals surface area contributed by atoms with Gasteiger partial charge in [0.05, 0.1) is 47.5 Å². The smallest absolute Gasteiger partial charge is 0.326 e. The first-order chi connectivity index (χ1) is 16.1. The van der Waals surface area contributed by atoms with Gasteiger partial charge in [-0.1, -0.05) is 18.2 Å². The van der Waals surface area contributed by atoms with E-state index in [1.807, 2.05) is 6.07 Å². The third-order valence-electron chi connectivity index (χ3n) is 5.15. The number of nitriles is 1. The molecule has 1 N–H and O–H groups in total. The molecule has 0 aromatic heterocycles. The zero-order valence-electron chi connectivity index (χ0n) is 18.7. The van der Waals surface area contributed by atoms with Crippen molar-refractivity contribution in [3.8, 4) is 6.07 Å². The Morgan fingerprint density at radius 3 is 2.26 bits per heavy atom. The first-order valence-corrected chi connectivity index (χ1v) is 12.0. The summed E-state index contributed by atoms with van der Waals surface area (Å²) >= 11 is 0. The highest BCUT2D eigenvalue weighted by Gasteiger charge is 2.44. The van der Waals surface area contributed by atoms with Crippen molar-refractivity contribution in [2.75, 3.05) is 18.1 Å². The summed E-state index contributed by atoms with van der Waals surface area (Å²) in [7, 11) is -3.98. The first-order valence-electron chi connectivity index (χ1n) is 10.4. The Morgan fingerprint density at radius 1 is 1.12 bits per heavy atom. The number of hydrogen-bond acceptors (Lipinski definition) is 5. The summed E-state index contributed by atoms with van der Waals surface area (Å²) in [6.07, 6.45) is -4.61. The number of allylic oxidation sites excluding steroid dienone is 1. The lowest BCUT2D eigenvalue weighted by Gasteiger charge is -2.38. The average Bonchev–Trinajstić information content (AvgIpc) is 2.78. The number of nitrogens with one attached hydrogen (secondary N) is 1. The molecular weight excluding hydrogens is 470 g/mol. The van der Waals surface area contributed by atoms with Crippen LogP contribution in [0.15, 0.2) is 59.5 Å². The van der Waals surface area contributed by atoms with Crippen molar-refractivity contribution in [2.45, 2.75) is 33.0 Å². The molecule has 1 aliphatic rings. The number of nitrogens with zero attached hydrogens (tertiary/aromatic N) is 2. The van der Waals surface area contributed by atoms with Crippen molar-refractivity contribution in [1.82, 2.24) is 5.32 Å². The molecule has 0 saturated heterocycles. The Kier molecular flexibility index (Phi) is 7.51. The average molecular weight is 493 g/mol. The Morgan fingerprint density at radius 2 is 1.74 bits per heavy atom. The number of rotatable bonds is 7. The van der Waals surface area contributed by atoms with E-state index in [0.717, 1.165) is 17.0 Å². The number of carbonyl (C=O) groups is 1. The van der Waals surface area contributed by atoms with Crippen LogP contribution in [0, 0.1) is 11.3 Å². The molecule has 180 valence electrons. The van der Waals surface area contributed by atoms with Crippen molar-refractivity contribution in [3.05, 3.63) is 76.2 Å². The number of alkyl halides is 3. The topological polar surface area (TPSA) is 91.7 Å². The molecule has 1 aliphatic heterocycles. The van der Waals surface area contributed by atoms with E-state index in [9.17, 15) is 22.5 Å². The normalized spacial score (nSPS) is 16.9. The molecule has 0 fully saturated rings. The SMILES string of the molecule is CCOP(=O)(OCC)C1=C(C)N(c2cccc(C(F)(F)F)c2)C(=O)NC1c1ccc(C#N)cc1. The molecule has 2 amide bonds. The Labute approximate surface area is 195 Å². The molecular formula is C23H23F3N3O4P. The summed E-state index contributed by atoms with van der Waals surface area (Å²) in [5.74, 6) is 0. The lowest BCUT2D eigenvalue weighted by molar-refractivity contribution is -0.137. The van der Waals surface area contributed by atoms with Crippen LogP contribution in [0.4, 0.5) is 23.7 Å². The third kappa shape index (κ3) is 5.02. The zero-order chi connectivity index (χ0) is 25.1. The predicted molar refractivity (Wildman–Crippen MR) is 120 cm³/mol. The maximum Gasteiger partial charge on any atom is 0.416 e. The van der Waals surface area contributed by atoms with E-state index in [4.69, 9.17) is 14.3 Å². The van der Waals surface area contributed by atoms with Gasteiger partial charge in [0.2, 0.25) is 0 Å². The minimum absolute atomic E-state index is 0.0334. The molecule has 0 bridgehead atoms. The number of hydrogen-bond donors (Lipinski definition) is 1. The van der Waals surface area contributed by atoms with E-state index in [0.29, 0.717) is 11.1 Å². The van der Waals surface area contributed by atoms with Crippen molar-refractivity contribution >= 4 is 19.3 Å². The van der Waals surface area contributed by atoms with Gasteiger partial charge in [-0.15, -0.1) is 0 Å². The second kappa shape index (κ2) is 10.0. The lowest BCUT2D eigenvalue weighted by Crippen LogP contribution is -2.47. The zero-order valence-corrected chi connectivity index (χ0v) is 19.6. The number of benzene rings is 2. The molecule has 0 radical (unpaired) electrons. The Balaban J connectivity index is 2.23. The largest absolute Gasteiger partial charge is 0.416 e. The van der Waals surface area contributed by atoms with Gasteiger partial charge in [-0.2, -0.15) is 18.4 Å². The second-order valence-corrected chi connectivity index (χ2v) is 9.30. The monoisotopic (exact) mass is 493 g/mol. The van der Waals surface area contributed by atoms with Crippen LogP contribution in [-0.2, 0) is 19.8 Å². The highest BCUT2D eigenvalue weighted by molar-refractivity contribution is 7.58. The van der Waals surface area contributed by atoms with Gasteiger partial charge in [-0.05, 0) is 56.7 Å². The fraction of sp³-hybridized carbons (Fsp3) is 0.304. The number of urea groups is 1. The Bertz CT molecular complexity index is 1180. The van der Waals surface area contributed by atoms with E-state index in [1.54, 1.807) is 38.1 Å². The molecule has 3 rings (SSSR count). The van der Waals surface area contributed by atoms with Gasteiger partial charge < -0.3 is 14.4 Å². The molecule has 1 atom stereocenters. The summed E-state index contributed by atoms with van der Waals surface area (Å²) < 4.78 is 64.9. The molecule has 0 aliphatic carbocycles. The van der Waals surface area contributed by atoms with E-state index >= 15 is 0 Å². The van der Waals surface area contributed by atoms with Gasteiger partial charge in [0, 0.05) is 5.70 Å². The number of carbonyl (C=O) groups excluding carboxylic acids is 1. The van der Waals surface area contributed by atoms with Crippen molar-refractivity contribution in [2.24, 2.45) is 0 Å². The van der Waals surface area contributed by atoms with Gasteiger partial charge in [0.15, 0.2) is 0 Å². The van der Waals surface area contributed by atoms with Crippen LogP contribution in [0.25, 0.3) is 0 Å². The third-order valence-corrected chi connectivity index (χ3v) is 7.52. The molecule has 34 heavy (non-hydrogen) atoms. The predicted octanol–water partition coefficient (Wildman–Crippen LogP) is 6.35. The molecule has 2 aromatic rings. The second-order valence-electron chi connectivity index (χ2n) is 7.30.